The smallest absolute Gasteiger partial charge is 0.391 e. The van der Waals surface area contributed by atoms with Crippen molar-refractivity contribution in [3.05, 3.63) is 27.5 Å². The number of rotatable bonds is 6. The van der Waals surface area contributed by atoms with Gasteiger partial charge in [0.05, 0.1) is 17.3 Å². The van der Waals surface area contributed by atoms with Crippen molar-refractivity contribution in [3.63, 3.8) is 0 Å². The number of halogens is 3. The van der Waals surface area contributed by atoms with Crippen LogP contribution < -0.4 is 10.7 Å². The first-order valence-electron chi connectivity index (χ1n) is 10.8. The molecule has 2 heterocycles. The molecule has 0 radical (unpaired) electrons. The van der Waals surface area contributed by atoms with Crippen molar-refractivity contribution in [2.75, 3.05) is 19.8 Å². The number of aromatic nitrogens is 2. The van der Waals surface area contributed by atoms with Crippen molar-refractivity contribution < 1.29 is 27.8 Å². The average Bonchev–Trinajstić information content (AvgIpc) is 3.04. The molecule has 0 spiro atoms. The van der Waals surface area contributed by atoms with Gasteiger partial charge < -0.3 is 14.4 Å². The fourth-order valence-corrected chi connectivity index (χ4v) is 5.27. The van der Waals surface area contributed by atoms with Gasteiger partial charge in [0, 0.05) is 40.9 Å². The van der Waals surface area contributed by atoms with Crippen LogP contribution in [0.5, 0.6) is 0 Å². The number of carbonyl (C=O) groups is 1. The standard InChI is InChI=1S/C23H31F3N2O3S/c1-21(2,3)20-27-17-12-22(4,32-16(14-29)11-19(30)23(24,25)26)8-5-18(17)28(20)13-15-6-9-31-10-7-15/h5,11-12,15,29H,6-10,13-14H2,1-4H3/b16-11-. The lowest BCUT2D eigenvalue weighted by Gasteiger charge is -2.28. The fourth-order valence-electron chi connectivity index (χ4n) is 4.10. The second kappa shape index (κ2) is 9.35. The lowest BCUT2D eigenvalue weighted by atomic mass is 9.94. The monoisotopic (exact) mass is 472 g/mol. The highest BCUT2D eigenvalue weighted by Gasteiger charge is 2.37. The second-order valence-electron chi connectivity index (χ2n) is 9.72. The summed E-state index contributed by atoms with van der Waals surface area (Å²) < 4.78 is 45.1. The minimum atomic E-state index is -4.96. The first-order valence-corrected chi connectivity index (χ1v) is 11.6. The molecular formula is C23H31F3N2O3S. The minimum absolute atomic E-state index is 0.0133. The number of aliphatic hydroxyl groups is 1. The number of aliphatic hydroxyl groups excluding tert-OH is 1. The zero-order chi connectivity index (χ0) is 23.7. The van der Waals surface area contributed by atoms with Crippen LogP contribution in [0.3, 0.4) is 0 Å². The number of allylic oxidation sites excluding steroid dienone is 1. The summed E-state index contributed by atoms with van der Waals surface area (Å²) in [5.41, 5.74) is -0.178. The number of nitrogens with zero attached hydrogens (tertiary/aromatic N) is 2. The Bertz CT molecular complexity index is 1000. The van der Waals surface area contributed by atoms with Gasteiger partial charge in [-0.1, -0.05) is 26.8 Å². The van der Waals surface area contributed by atoms with Crippen LogP contribution in [-0.4, -0.2) is 51.2 Å². The average molecular weight is 473 g/mol. The van der Waals surface area contributed by atoms with Gasteiger partial charge in [-0.25, -0.2) is 4.98 Å². The van der Waals surface area contributed by atoms with Crippen LogP contribution in [-0.2, 0) is 21.5 Å². The molecule has 1 unspecified atom stereocenters. The van der Waals surface area contributed by atoms with Crippen LogP contribution in [0, 0.1) is 5.92 Å². The van der Waals surface area contributed by atoms with E-state index < -0.39 is 23.3 Å². The summed E-state index contributed by atoms with van der Waals surface area (Å²) in [6.07, 6.45) is 2.11. The lowest BCUT2D eigenvalue weighted by Crippen LogP contribution is -2.39. The molecule has 1 aromatic heterocycles. The minimum Gasteiger partial charge on any atom is -0.391 e. The van der Waals surface area contributed by atoms with Crippen LogP contribution in [0.2, 0.25) is 0 Å². The van der Waals surface area contributed by atoms with Crippen molar-refractivity contribution in [1.29, 1.82) is 0 Å². The highest BCUT2D eigenvalue weighted by Crippen LogP contribution is 2.38. The quantitative estimate of drug-likeness (QED) is 0.645. The predicted octanol–water partition coefficient (Wildman–Crippen LogP) is 3.07. The van der Waals surface area contributed by atoms with Crippen LogP contribution in [0.25, 0.3) is 12.2 Å². The number of ketones is 1. The fraction of sp³-hybridized carbons (Fsp3) is 0.652. The summed E-state index contributed by atoms with van der Waals surface area (Å²) in [5.74, 6) is -0.480. The van der Waals surface area contributed by atoms with Gasteiger partial charge in [-0.05, 0) is 38.2 Å². The van der Waals surface area contributed by atoms with Gasteiger partial charge in [0.15, 0.2) is 0 Å². The van der Waals surface area contributed by atoms with Crippen molar-refractivity contribution in [2.45, 2.75) is 69.8 Å². The molecule has 5 nitrogen and oxygen atoms in total. The molecule has 1 fully saturated rings. The molecule has 32 heavy (non-hydrogen) atoms. The summed E-state index contributed by atoms with van der Waals surface area (Å²) >= 11 is 1.07. The van der Waals surface area contributed by atoms with Crippen LogP contribution in [0.15, 0.2) is 11.0 Å². The Morgan fingerprint density at radius 3 is 2.56 bits per heavy atom. The van der Waals surface area contributed by atoms with E-state index in [9.17, 15) is 23.1 Å². The molecule has 2 aliphatic rings. The molecule has 0 amide bonds. The maximum atomic E-state index is 12.6. The summed E-state index contributed by atoms with van der Waals surface area (Å²) in [6, 6.07) is 0. The Balaban J connectivity index is 1.96. The topological polar surface area (TPSA) is 64.3 Å². The van der Waals surface area contributed by atoms with E-state index in [1.54, 1.807) is 0 Å². The largest absolute Gasteiger partial charge is 0.454 e. The molecular weight excluding hydrogens is 441 g/mol. The first-order chi connectivity index (χ1) is 14.8. The van der Waals surface area contributed by atoms with Gasteiger partial charge in [0.2, 0.25) is 0 Å². The van der Waals surface area contributed by atoms with E-state index in [2.05, 4.69) is 31.4 Å². The molecule has 1 atom stereocenters. The SMILES string of the molecule is CC1(S/C(=C\C(=O)C(F)(F)F)CO)C=c2nc(C(C)(C)C)n(CC3CCOCC3)c2=CC1. The van der Waals surface area contributed by atoms with Crippen molar-refractivity contribution in [1.82, 2.24) is 9.55 Å². The third-order valence-corrected chi connectivity index (χ3v) is 6.98. The van der Waals surface area contributed by atoms with E-state index in [0.717, 1.165) is 60.9 Å². The number of carbonyl (C=O) groups excluding carboxylic acids is 1. The molecule has 0 saturated carbocycles. The zero-order valence-electron chi connectivity index (χ0n) is 19.0. The Kier molecular flexibility index (Phi) is 7.32. The highest BCUT2D eigenvalue weighted by molar-refractivity contribution is 8.04. The molecule has 178 valence electrons. The van der Waals surface area contributed by atoms with Gasteiger partial charge in [-0.3, -0.25) is 4.79 Å². The number of imidazole rings is 1. The Morgan fingerprint density at radius 1 is 1.34 bits per heavy atom. The van der Waals surface area contributed by atoms with Crippen LogP contribution >= 0.6 is 11.8 Å². The number of ether oxygens (including phenoxy) is 1. The number of alkyl halides is 3. The summed E-state index contributed by atoms with van der Waals surface area (Å²) in [4.78, 5) is 16.3. The molecule has 3 rings (SSSR count). The molecule has 1 aromatic rings. The molecule has 9 heteroatoms. The van der Waals surface area contributed by atoms with Gasteiger partial charge in [0.1, 0.15) is 5.82 Å². The van der Waals surface area contributed by atoms with Gasteiger partial charge in [-0.15, -0.1) is 11.8 Å². The predicted molar refractivity (Wildman–Crippen MR) is 119 cm³/mol. The third kappa shape index (κ3) is 5.85. The number of hydrogen-bond donors (Lipinski definition) is 1. The molecule has 1 saturated heterocycles. The van der Waals surface area contributed by atoms with Crippen molar-refractivity contribution in [2.24, 2.45) is 5.92 Å². The van der Waals surface area contributed by atoms with E-state index in [-0.39, 0.29) is 10.3 Å². The third-order valence-electron chi connectivity index (χ3n) is 5.72. The Morgan fingerprint density at radius 2 is 2.00 bits per heavy atom. The van der Waals surface area contributed by atoms with E-state index in [0.29, 0.717) is 18.4 Å². The molecule has 1 aliphatic carbocycles. The first kappa shape index (κ1) is 25.1. The Labute approximate surface area is 190 Å². The summed E-state index contributed by atoms with van der Waals surface area (Å²) in [6.45, 7) is 9.99. The van der Waals surface area contributed by atoms with Crippen molar-refractivity contribution >= 4 is 29.7 Å². The van der Waals surface area contributed by atoms with Gasteiger partial charge in [-0.2, -0.15) is 13.2 Å². The maximum absolute atomic E-state index is 12.6. The lowest BCUT2D eigenvalue weighted by molar-refractivity contribution is -0.165. The van der Waals surface area contributed by atoms with E-state index in [1.165, 1.54) is 0 Å². The second-order valence-corrected chi connectivity index (χ2v) is 11.4. The summed E-state index contributed by atoms with van der Waals surface area (Å²) in [7, 11) is 0. The van der Waals surface area contributed by atoms with Gasteiger partial charge in [0.25, 0.3) is 5.78 Å². The maximum Gasteiger partial charge on any atom is 0.454 e. The normalized spacial score (nSPS) is 22.8. The van der Waals surface area contributed by atoms with Crippen molar-refractivity contribution in [3.8, 4) is 0 Å². The Hall–Kier alpha value is -1.58. The zero-order valence-corrected chi connectivity index (χ0v) is 19.8. The van der Waals surface area contributed by atoms with E-state index in [1.807, 2.05) is 13.0 Å². The molecule has 1 N–H and O–H groups in total. The van der Waals surface area contributed by atoms with Crippen LogP contribution in [0.4, 0.5) is 13.2 Å². The van der Waals surface area contributed by atoms with E-state index >= 15 is 0 Å². The molecule has 0 aromatic carbocycles. The number of hydrogen-bond acceptors (Lipinski definition) is 5. The van der Waals surface area contributed by atoms with E-state index in [4.69, 9.17) is 9.72 Å². The van der Waals surface area contributed by atoms with Crippen LogP contribution in [0.1, 0.15) is 52.8 Å². The highest BCUT2D eigenvalue weighted by atomic mass is 32.2. The molecule has 1 aliphatic heterocycles. The number of thioether (sulfide) groups is 1. The summed E-state index contributed by atoms with van der Waals surface area (Å²) in [5, 5.41) is 11.4. The number of fused-ring (bicyclic) bond motifs is 1. The molecule has 0 bridgehead atoms. The van der Waals surface area contributed by atoms with Gasteiger partial charge >= 0.3 is 6.18 Å².